The Morgan fingerprint density at radius 2 is 1.23 bits per heavy atom. The second-order valence-electron chi connectivity index (χ2n) is 13.5. The SMILES string of the molecule is CC(CCCCCCCCCCCCCC1OC(=O)C(C)C1C(=O)OC1OC(CO)C(O)C(O)C1O)OC1OC(C)C(O)C(O)C1O. The average Bonchev–Trinajstić information content (AvgIpc) is 3.33. The fraction of sp³-hybridized carbons (Fsp3) is 0.939. The number of esters is 2. The van der Waals surface area contributed by atoms with Gasteiger partial charge in [0.25, 0.3) is 0 Å². The van der Waals surface area contributed by atoms with Crippen LogP contribution in [-0.2, 0) is 33.3 Å². The first-order valence-electron chi connectivity index (χ1n) is 17.4. The quantitative estimate of drug-likeness (QED) is 0.0743. The van der Waals surface area contributed by atoms with Crippen LogP contribution in [0, 0.1) is 11.8 Å². The number of unbranched alkanes of at least 4 members (excludes halogenated alkanes) is 10. The second-order valence-corrected chi connectivity index (χ2v) is 13.5. The van der Waals surface area contributed by atoms with Crippen LogP contribution >= 0.6 is 0 Å². The third kappa shape index (κ3) is 11.3. The zero-order valence-corrected chi connectivity index (χ0v) is 28.0. The Balaban J connectivity index is 1.21. The van der Waals surface area contributed by atoms with E-state index in [1.807, 2.05) is 6.92 Å². The number of ether oxygens (including phenoxy) is 5. The zero-order chi connectivity index (χ0) is 34.7. The van der Waals surface area contributed by atoms with Crippen molar-refractivity contribution in [1.29, 1.82) is 0 Å². The standard InChI is InChI=1S/C33H58O14/c1-18(43-32-28(39)26(37)24(35)20(3)44-32)15-13-11-9-7-5-4-6-8-10-12-14-16-21-23(19(2)30(41)45-21)31(42)47-33-29(40)27(38)25(36)22(17-34)46-33/h18-29,32-40H,4-17H2,1-3H3. The molecule has 3 aliphatic rings. The van der Waals surface area contributed by atoms with E-state index in [0.717, 1.165) is 70.6 Å². The maximum absolute atomic E-state index is 13.0. The molecule has 0 aromatic rings. The van der Waals surface area contributed by atoms with Crippen molar-refractivity contribution in [3.05, 3.63) is 0 Å². The van der Waals surface area contributed by atoms with Crippen LogP contribution in [0.25, 0.3) is 0 Å². The van der Waals surface area contributed by atoms with Gasteiger partial charge < -0.3 is 59.4 Å². The molecule has 3 aliphatic heterocycles. The monoisotopic (exact) mass is 678 g/mol. The number of aliphatic hydroxyl groups excluding tert-OH is 7. The fourth-order valence-electron chi connectivity index (χ4n) is 6.54. The summed E-state index contributed by atoms with van der Waals surface area (Å²) in [6, 6.07) is 0. The van der Waals surface area contributed by atoms with Gasteiger partial charge in [0.1, 0.15) is 54.7 Å². The Morgan fingerprint density at radius 1 is 0.702 bits per heavy atom. The van der Waals surface area contributed by atoms with Crippen molar-refractivity contribution in [2.45, 2.75) is 178 Å². The summed E-state index contributed by atoms with van der Waals surface area (Å²) in [6.45, 7) is 4.48. The van der Waals surface area contributed by atoms with Gasteiger partial charge in [-0.25, -0.2) is 0 Å². The van der Waals surface area contributed by atoms with Gasteiger partial charge in [0.05, 0.1) is 24.7 Å². The molecule has 0 amide bonds. The lowest BCUT2D eigenvalue weighted by Crippen LogP contribution is -2.59. The van der Waals surface area contributed by atoms with Crippen LogP contribution in [-0.4, -0.2) is 128 Å². The Kier molecular flexibility index (Phi) is 16.7. The summed E-state index contributed by atoms with van der Waals surface area (Å²) in [4.78, 5) is 25.2. The van der Waals surface area contributed by atoms with E-state index in [9.17, 15) is 45.3 Å². The topological polar surface area (TPSA) is 222 Å². The number of cyclic esters (lactones) is 1. The molecule has 0 aliphatic carbocycles. The molecule has 47 heavy (non-hydrogen) atoms. The molecule has 0 aromatic heterocycles. The summed E-state index contributed by atoms with van der Waals surface area (Å²) in [5, 5.41) is 69.3. The minimum absolute atomic E-state index is 0.135. The lowest BCUT2D eigenvalue weighted by molar-refractivity contribution is -0.303. The Morgan fingerprint density at radius 3 is 1.83 bits per heavy atom. The molecular weight excluding hydrogens is 620 g/mol. The lowest BCUT2D eigenvalue weighted by atomic mass is 9.89. The maximum atomic E-state index is 13.0. The van der Waals surface area contributed by atoms with E-state index in [0.29, 0.717) is 6.42 Å². The third-order valence-electron chi connectivity index (χ3n) is 9.71. The molecule has 0 radical (unpaired) electrons. The average molecular weight is 679 g/mol. The van der Waals surface area contributed by atoms with Crippen molar-refractivity contribution in [3.63, 3.8) is 0 Å². The maximum Gasteiger partial charge on any atom is 0.315 e. The Hall–Kier alpha value is -1.46. The molecule has 0 saturated carbocycles. The molecule has 3 rings (SSSR count). The molecule has 14 unspecified atom stereocenters. The fourth-order valence-corrected chi connectivity index (χ4v) is 6.54. The van der Waals surface area contributed by atoms with Gasteiger partial charge in [0.2, 0.25) is 6.29 Å². The molecule has 3 fully saturated rings. The van der Waals surface area contributed by atoms with E-state index in [4.69, 9.17) is 23.7 Å². The van der Waals surface area contributed by atoms with Crippen LogP contribution in [0.4, 0.5) is 0 Å². The summed E-state index contributed by atoms with van der Waals surface area (Å²) < 4.78 is 27.3. The Bertz CT molecular complexity index is 935. The van der Waals surface area contributed by atoms with Gasteiger partial charge in [0.15, 0.2) is 6.29 Å². The number of carbonyl (C=O) groups excluding carboxylic acids is 2. The number of carbonyl (C=O) groups is 2. The third-order valence-corrected chi connectivity index (χ3v) is 9.71. The van der Waals surface area contributed by atoms with E-state index in [2.05, 4.69) is 0 Å². The van der Waals surface area contributed by atoms with Gasteiger partial charge in [-0.15, -0.1) is 0 Å². The van der Waals surface area contributed by atoms with Gasteiger partial charge >= 0.3 is 11.9 Å². The van der Waals surface area contributed by atoms with Crippen molar-refractivity contribution < 1.29 is 69.0 Å². The molecule has 3 heterocycles. The normalized spacial score (nSPS) is 38.3. The summed E-state index contributed by atoms with van der Waals surface area (Å²) >= 11 is 0. The van der Waals surface area contributed by atoms with Gasteiger partial charge in [-0.3, -0.25) is 9.59 Å². The first-order valence-corrected chi connectivity index (χ1v) is 17.4. The van der Waals surface area contributed by atoms with Crippen LogP contribution in [0.1, 0.15) is 104 Å². The van der Waals surface area contributed by atoms with E-state index < -0.39 is 97.9 Å². The lowest BCUT2D eigenvalue weighted by Gasteiger charge is -2.39. The second kappa shape index (κ2) is 19.7. The molecule has 14 nitrogen and oxygen atoms in total. The molecule has 0 spiro atoms. The van der Waals surface area contributed by atoms with E-state index in [1.54, 1.807) is 13.8 Å². The number of hydrogen-bond donors (Lipinski definition) is 7. The highest BCUT2D eigenvalue weighted by atomic mass is 16.7. The zero-order valence-electron chi connectivity index (χ0n) is 28.0. The van der Waals surface area contributed by atoms with Crippen LogP contribution in [0.2, 0.25) is 0 Å². The minimum atomic E-state index is -1.71. The smallest absolute Gasteiger partial charge is 0.315 e. The molecule has 274 valence electrons. The van der Waals surface area contributed by atoms with Gasteiger partial charge in [-0.05, 0) is 33.1 Å². The first kappa shape index (κ1) is 40.0. The van der Waals surface area contributed by atoms with E-state index in [-0.39, 0.29) is 6.10 Å². The van der Waals surface area contributed by atoms with E-state index >= 15 is 0 Å². The molecule has 7 N–H and O–H groups in total. The van der Waals surface area contributed by atoms with Gasteiger partial charge in [-0.2, -0.15) is 0 Å². The highest BCUT2D eigenvalue weighted by Crippen LogP contribution is 2.34. The first-order chi connectivity index (χ1) is 22.4. The predicted molar refractivity (Wildman–Crippen MR) is 165 cm³/mol. The summed E-state index contributed by atoms with van der Waals surface area (Å²) in [5.74, 6) is -2.93. The summed E-state index contributed by atoms with van der Waals surface area (Å²) in [7, 11) is 0. The number of aliphatic hydroxyl groups is 7. The van der Waals surface area contributed by atoms with Crippen LogP contribution < -0.4 is 0 Å². The van der Waals surface area contributed by atoms with Crippen LogP contribution in [0.3, 0.4) is 0 Å². The highest BCUT2D eigenvalue weighted by Gasteiger charge is 2.50. The molecule has 0 bridgehead atoms. The number of rotatable bonds is 19. The largest absolute Gasteiger partial charge is 0.461 e. The molecular formula is C33H58O14. The van der Waals surface area contributed by atoms with Crippen LogP contribution in [0.15, 0.2) is 0 Å². The number of hydrogen-bond acceptors (Lipinski definition) is 14. The van der Waals surface area contributed by atoms with Crippen molar-refractivity contribution in [2.24, 2.45) is 11.8 Å². The van der Waals surface area contributed by atoms with Gasteiger partial charge in [0, 0.05) is 0 Å². The molecule has 0 aromatic carbocycles. The molecule has 3 saturated heterocycles. The van der Waals surface area contributed by atoms with Gasteiger partial charge in [-0.1, -0.05) is 71.1 Å². The highest BCUT2D eigenvalue weighted by molar-refractivity contribution is 5.85. The van der Waals surface area contributed by atoms with Crippen molar-refractivity contribution >= 4 is 11.9 Å². The molecule has 14 atom stereocenters. The molecule has 14 heteroatoms. The predicted octanol–water partition coefficient (Wildman–Crippen LogP) is 0.811. The van der Waals surface area contributed by atoms with Crippen molar-refractivity contribution in [3.8, 4) is 0 Å². The summed E-state index contributed by atoms with van der Waals surface area (Å²) in [6.07, 6.45) is -0.865. The van der Waals surface area contributed by atoms with Crippen molar-refractivity contribution in [1.82, 2.24) is 0 Å². The van der Waals surface area contributed by atoms with Crippen LogP contribution in [0.5, 0.6) is 0 Å². The van der Waals surface area contributed by atoms with Crippen molar-refractivity contribution in [2.75, 3.05) is 6.61 Å². The minimum Gasteiger partial charge on any atom is -0.461 e. The Labute approximate surface area is 277 Å². The van der Waals surface area contributed by atoms with E-state index in [1.165, 1.54) is 6.42 Å². The summed E-state index contributed by atoms with van der Waals surface area (Å²) in [5.41, 5.74) is 0.